The quantitative estimate of drug-likeness (QED) is 0.297. The van der Waals surface area contributed by atoms with Gasteiger partial charge in [-0.1, -0.05) is 18.2 Å². The van der Waals surface area contributed by atoms with Crippen LogP contribution in [-0.2, 0) is 6.42 Å². The van der Waals surface area contributed by atoms with E-state index in [0.29, 0.717) is 13.2 Å². The average molecular weight is 446 g/mol. The van der Waals surface area contributed by atoms with Crippen LogP contribution in [0.4, 0.5) is 0 Å². The fourth-order valence-corrected chi connectivity index (χ4v) is 2.67. The number of halogens is 1. The molecule has 7 heteroatoms. The molecule has 2 rings (SSSR count). The van der Waals surface area contributed by atoms with E-state index in [2.05, 4.69) is 27.5 Å². The number of para-hydroxylation sites is 1. The molecule has 0 amide bonds. The molecule has 0 saturated carbocycles. The second-order valence-electron chi connectivity index (χ2n) is 4.70. The van der Waals surface area contributed by atoms with Crippen molar-refractivity contribution in [1.29, 1.82) is 0 Å². The van der Waals surface area contributed by atoms with E-state index in [1.165, 1.54) is 4.88 Å². The Kier molecular flexibility index (Phi) is 9.61. The molecule has 126 valence electrons. The van der Waals surface area contributed by atoms with Gasteiger partial charge in [0.15, 0.2) is 5.96 Å². The Hall–Kier alpha value is -1.35. The molecule has 0 bridgehead atoms. The predicted octanol–water partition coefficient (Wildman–Crippen LogP) is 2.86. The first-order valence-electron chi connectivity index (χ1n) is 7.31. The number of nitrogens with one attached hydrogen (secondary N) is 2. The smallest absolute Gasteiger partial charge is 0.191 e. The van der Waals surface area contributed by atoms with E-state index in [1.807, 2.05) is 36.5 Å². The number of aryl methyl sites for hydroxylation is 1. The highest BCUT2D eigenvalue weighted by molar-refractivity contribution is 14.0. The summed E-state index contributed by atoms with van der Waals surface area (Å²) in [6.45, 7) is 4.18. The van der Waals surface area contributed by atoms with Crippen LogP contribution in [0.15, 0.2) is 41.5 Å². The molecule has 0 fully saturated rings. The third-order valence-corrected chi connectivity index (χ3v) is 3.90. The topological polar surface area (TPSA) is 58.5 Å². The van der Waals surface area contributed by atoms with Gasteiger partial charge in [0.05, 0.1) is 11.6 Å². The van der Waals surface area contributed by atoms with Crippen LogP contribution in [0.25, 0.3) is 0 Å². The fourth-order valence-electron chi connectivity index (χ4n) is 1.88. The molecule has 1 aromatic carbocycles. The molecule has 0 aliphatic carbocycles. The summed E-state index contributed by atoms with van der Waals surface area (Å²) in [6.07, 6.45) is 2.81. The molecule has 0 aliphatic heterocycles. The highest BCUT2D eigenvalue weighted by atomic mass is 127. The van der Waals surface area contributed by atoms with Gasteiger partial charge in [0.25, 0.3) is 0 Å². The van der Waals surface area contributed by atoms with Gasteiger partial charge in [-0.2, -0.15) is 0 Å². The van der Waals surface area contributed by atoms with Crippen molar-refractivity contribution >= 4 is 41.3 Å². The molecule has 1 aromatic heterocycles. The van der Waals surface area contributed by atoms with E-state index >= 15 is 0 Å². The Morgan fingerprint density at radius 2 is 1.96 bits per heavy atom. The molecule has 1 heterocycles. The number of aromatic nitrogens is 1. The van der Waals surface area contributed by atoms with Crippen LogP contribution >= 0.6 is 35.3 Å². The Balaban J connectivity index is 0.00000264. The van der Waals surface area contributed by atoms with Gasteiger partial charge in [-0.15, -0.1) is 35.3 Å². The van der Waals surface area contributed by atoms with Crippen molar-refractivity contribution in [3.63, 3.8) is 0 Å². The maximum atomic E-state index is 5.62. The van der Waals surface area contributed by atoms with E-state index in [4.69, 9.17) is 4.74 Å². The van der Waals surface area contributed by atoms with Crippen molar-refractivity contribution in [3.8, 4) is 5.75 Å². The molecule has 2 N–H and O–H groups in total. The largest absolute Gasteiger partial charge is 0.492 e. The monoisotopic (exact) mass is 446 g/mol. The zero-order valence-electron chi connectivity index (χ0n) is 13.4. The van der Waals surface area contributed by atoms with Gasteiger partial charge in [0.2, 0.25) is 0 Å². The molecule has 0 saturated heterocycles. The van der Waals surface area contributed by atoms with E-state index in [-0.39, 0.29) is 24.0 Å². The minimum absolute atomic E-state index is 0. The van der Waals surface area contributed by atoms with Gasteiger partial charge in [-0.05, 0) is 19.1 Å². The van der Waals surface area contributed by atoms with Crippen molar-refractivity contribution < 1.29 is 4.74 Å². The lowest BCUT2D eigenvalue weighted by Gasteiger charge is -2.12. The summed E-state index contributed by atoms with van der Waals surface area (Å²) in [4.78, 5) is 9.78. The molecular formula is C16H23IN4OS. The van der Waals surface area contributed by atoms with Crippen LogP contribution in [0, 0.1) is 6.92 Å². The minimum Gasteiger partial charge on any atom is -0.492 e. The highest BCUT2D eigenvalue weighted by Crippen LogP contribution is 2.10. The SMILES string of the molecule is CN=C(NCCOc1ccccc1)NCCc1ncc(C)s1.I. The Labute approximate surface area is 158 Å². The number of aliphatic imine (C=N–C) groups is 1. The van der Waals surface area contributed by atoms with Crippen LogP contribution in [0.3, 0.4) is 0 Å². The van der Waals surface area contributed by atoms with Gasteiger partial charge in [0, 0.05) is 31.1 Å². The first-order chi connectivity index (χ1) is 10.8. The van der Waals surface area contributed by atoms with Crippen molar-refractivity contribution in [3.05, 3.63) is 46.4 Å². The van der Waals surface area contributed by atoms with Gasteiger partial charge in [-0.3, -0.25) is 4.99 Å². The summed E-state index contributed by atoms with van der Waals surface area (Å²) < 4.78 is 5.62. The van der Waals surface area contributed by atoms with Gasteiger partial charge in [0.1, 0.15) is 12.4 Å². The number of thiazole rings is 1. The van der Waals surface area contributed by atoms with Crippen molar-refractivity contribution in [2.45, 2.75) is 13.3 Å². The van der Waals surface area contributed by atoms with Crippen LogP contribution in [0.1, 0.15) is 9.88 Å². The first kappa shape index (κ1) is 19.7. The summed E-state index contributed by atoms with van der Waals surface area (Å²) in [6, 6.07) is 9.79. The van der Waals surface area contributed by atoms with Crippen molar-refractivity contribution in [2.24, 2.45) is 4.99 Å². The highest BCUT2D eigenvalue weighted by Gasteiger charge is 2.01. The standard InChI is InChI=1S/C16H22N4OS.HI/c1-13-12-20-15(22-13)8-9-18-16(17-2)19-10-11-21-14-6-4-3-5-7-14;/h3-7,12H,8-11H2,1-2H3,(H2,17,18,19);1H. The maximum Gasteiger partial charge on any atom is 0.191 e. The Morgan fingerprint density at radius 1 is 1.22 bits per heavy atom. The normalized spacial score (nSPS) is 10.8. The molecule has 0 atom stereocenters. The second kappa shape index (κ2) is 11.2. The van der Waals surface area contributed by atoms with E-state index in [0.717, 1.165) is 29.7 Å². The zero-order chi connectivity index (χ0) is 15.6. The van der Waals surface area contributed by atoms with E-state index < -0.39 is 0 Å². The van der Waals surface area contributed by atoms with Crippen LogP contribution in [-0.4, -0.2) is 37.7 Å². The number of nitrogens with zero attached hydrogens (tertiary/aromatic N) is 2. The molecule has 2 aromatic rings. The minimum atomic E-state index is 0. The molecule has 0 spiro atoms. The van der Waals surface area contributed by atoms with Crippen LogP contribution in [0.5, 0.6) is 5.75 Å². The summed E-state index contributed by atoms with van der Waals surface area (Å²) in [5.41, 5.74) is 0. The second-order valence-corrected chi connectivity index (χ2v) is 6.02. The predicted molar refractivity (Wildman–Crippen MR) is 107 cm³/mol. The Morgan fingerprint density at radius 3 is 2.61 bits per heavy atom. The molecular weight excluding hydrogens is 423 g/mol. The number of hydrogen-bond donors (Lipinski definition) is 2. The van der Waals surface area contributed by atoms with Crippen molar-refractivity contribution in [2.75, 3.05) is 26.7 Å². The summed E-state index contributed by atoms with van der Waals surface area (Å²) in [5, 5.41) is 7.65. The summed E-state index contributed by atoms with van der Waals surface area (Å²) in [7, 11) is 1.76. The van der Waals surface area contributed by atoms with Gasteiger partial charge >= 0.3 is 0 Å². The lowest BCUT2D eigenvalue weighted by Crippen LogP contribution is -2.40. The van der Waals surface area contributed by atoms with Crippen LogP contribution < -0.4 is 15.4 Å². The fraction of sp³-hybridized carbons (Fsp3) is 0.375. The molecule has 0 radical (unpaired) electrons. The lowest BCUT2D eigenvalue weighted by atomic mass is 10.3. The lowest BCUT2D eigenvalue weighted by molar-refractivity contribution is 0.322. The van der Waals surface area contributed by atoms with Gasteiger partial charge in [-0.25, -0.2) is 4.98 Å². The summed E-state index contributed by atoms with van der Waals surface area (Å²) in [5.74, 6) is 1.66. The van der Waals surface area contributed by atoms with E-state index in [9.17, 15) is 0 Å². The Bertz CT molecular complexity index is 589. The van der Waals surface area contributed by atoms with E-state index in [1.54, 1.807) is 18.4 Å². The molecule has 23 heavy (non-hydrogen) atoms. The number of rotatable bonds is 7. The maximum absolute atomic E-state index is 5.62. The summed E-state index contributed by atoms with van der Waals surface area (Å²) >= 11 is 1.73. The molecule has 5 nitrogen and oxygen atoms in total. The molecule has 0 unspecified atom stereocenters. The zero-order valence-corrected chi connectivity index (χ0v) is 16.6. The average Bonchev–Trinajstić information content (AvgIpc) is 2.96. The number of ether oxygens (including phenoxy) is 1. The third kappa shape index (κ3) is 7.65. The van der Waals surface area contributed by atoms with Crippen LogP contribution in [0.2, 0.25) is 0 Å². The number of benzene rings is 1. The first-order valence-corrected chi connectivity index (χ1v) is 8.13. The number of guanidine groups is 1. The third-order valence-electron chi connectivity index (χ3n) is 2.93. The van der Waals surface area contributed by atoms with Crippen molar-refractivity contribution in [1.82, 2.24) is 15.6 Å². The van der Waals surface area contributed by atoms with Gasteiger partial charge < -0.3 is 15.4 Å². The number of hydrogen-bond acceptors (Lipinski definition) is 4. The molecule has 0 aliphatic rings.